The smallest absolute Gasteiger partial charge is 0.232 e. The van der Waals surface area contributed by atoms with Gasteiger partial charge < -0.3 is 10.4 Å². The highest BCUT2D eigenvalue weighted by Crippen LogP contribution is 2.36. The van der Waals surface area contributed by atoms with Crippen LogP contribution in [0, 0.1) is 12.8 Å². The number of anilines is 1. The lowest BCUT2D eigenvalue weighted by Gasteiger charge is -2.06. The molecular formula is C18H15FN2O2S. The van der Waals surface area contributed by atoms with Crippen molar-refractivity contribution in [3.8, 4) is 16.9 Å². The van der Waals surface area contributed by atoms with Crippen LogP contribution in [0.15, 0.2) is 36.4 Å². The molecule has 2 aromatic carbocycles. The normalized spacial score (nSPS) is 19.4. The summed E-state index contributed by atoms with van der Waals surface area (Å²) in [5.41, 5.74) is 3.77. The average Bonchev–Trinajstić information content (AvgIpc) is 3.15. The van der Waals surface area contributed by atoms with Crippen molar-refractivity contribution in [1.29, 1.82) is 0 Å². The van der Waals surface area contributed by atoms with E-state index >= 15 is 0 Å². The molecule has 1 unspecified atom stereocenters. The number of alkyl halides is 1. The van der Waals surface area contributed by atoms with Gasteiger partial charge in [0.2, 0.25) is 5.91 Å². The van der Waals surface area contributed by atoms with E-state index in [4.69, 9.17) is 0 Å². The molecule has 1 aliphatic carbocycles. The van der Waals surface area contributed by atoms with Gasteiger partial charge in [0, 0.05) is 0 Å². The van der Waals surface area contributed by atoms with Crippen LogP contribution in [0.1, 0.15) is 12.0 Å². The maximum atomic E-state index is 12.9. The number of fused-ring (bicyclic) bond motifs is 1. The minimum Gasteiger partial charge on any atom is -0.508 e. The zero-order valence-electron chi connectivity index (χ0n) is 12.9. The molecule has 0 saturated heterocycles. The molecule has 1 heterocycles. The fourth-order valence-electron chi connectivity index (χ4n) is 2.70. The van der Waals surface area contributed by atoms with Crippen molar-refractivity contribution in [3.63, 3.8) is 0 Å². The summed E-state index contributed by atoms with van der Waals surface area (Å²) in [6.07, 6.45) is -0.711. The van der Waals surface area contributed by atoms with Crippen molar-refractivity contribution < 1.29 is 14.3 Å². The van der Waals surface area contributed by atoms with Crippen LogP contribution >= 0.6 is 11.3 Å². The number of aromatic hydroxyl groups is 1. The van der Waals surface area contributed by atoms with Gasteiger partial charge in [-0.2, -0.15) is 0 Å². The van der Waals surface area contributed by atoms with Crippen molar-refractivity contribution in [1.82, 2.24) is 4.98 Å². The van der Waals surface area contributed by atoms with E-state index in [2.05, 4.69) is 10.3 Å². The van der Waals surface area contributed by atoms with Crippen LogP contribution in [0.25, 0.3) is 21.3 Å². The zero-order chi connectivity index (χ0) is 16.8. The third-order valence-corrected chi connectivity index (χ3v) is 5.13. The van der Waals surface area contributed by atoms with Gasteiger partial charge in [-0.3, -0.25) is 4.79 Å². The van der Waals surface area contributed by atoms with E-state index < -0.39 is 12.1 Å². The Hall–Kier alpha value is -2.47. The molecule has 3 aromatic rings. The number of carbonyl (C=O) groups excluding carboxylic acids is 1. The second kappa shape index (κ2) is 5.56. The van der Waals surface area contributed by atoms with E-state index in [9.17, 15) is 14.3 Å². The summed E-state index contributed by atoms with van der Waals surface area (Å²) < 4.78 is 13.9. The van der Waals surface area contributed by atoms with E-state index in [1.54, 1.807) is 12.1 Å². The van der Waals surface area contributed by atoms with Gasteiger partial charge in [-0.15, -0.1) is 0 Å². The van der Waals surface area contributed by atoms with Gasteiger partial charge in [0.1, 0.15) is 11.9 Å². The number of nitrogens with one attached hydrogen (secondary N) is 1. The van der Waals surface area contributed by atoms with Crippen molar-refractivity contribution in [2.24, 2.45) is 5.92 Å². The molecule has 0 bridgehead atoms. The first-order chi connectivity index (χ1) is 11.5. The first-order valence-corrected chi connectivity index (χ1v) is 8.48. The number of nitrogens with zero attached hydrogens (tertiary/aromatic N) is 1. The molecule has 4 nitrogen and oxygen atoms in total. The van der Waals surface area contributed by atoms with Gasteiger partial charge in [-0.25, -0.2) is 9.37 Å². The number of phenolic OH excluding ortho intramolecular Hbond substituents is 1. The van der Waals surface area contributed by atoms with Crippen LogP contribution in [0.4, 0.5) is 9.52 Å². The van der Waals surface area contributed by atoms with E-state index in [1.807, 2.05) is 31.2 Å². The molecule has 4 rings (SSSR count). The molecule has 0 spiro atoms. The molecular weight excluding hydrogens is 327 g/mol. The molecule has 6 heteroatoms. The number of aryl methyl sites for hydroxylation is 1. The number of hydrogen-bond acceptors (Lipinski definition) is 4. The summed E-state index contributed by atoms with van der Waals surface area (Å²) in [7, 11) is 0. The largest absolute Gasteiger partial charge is 0.508 e. The fraction of sp³-hybridized carbons (Fsp3) is 0.222. The minimum atomic E-state index is -1.01. The van der Waals surface area contributed by atoms with E-state index in [0.29, 0.717) is 11.6 Å². The minimum absolute atomic E-state index is 0.221. The quantitative estimate of drug-likeness (QED) is 0.747. The summed E-state index contributed by atoms with van der Waals surface area (Å²) in [6.45, 7) is 1.99. The third kappa shape index (κ3) is 2.73. The molecule has 24 heavy (non-hydrogen) atoms. The number of carbonyl (C=O) groups is 1. The molecule has 0 radical (unpaired) electrons. The molecule has 1 fully saturated rings. The fourth-order valence-corrected chi connectivity index (χ4v) is 3.61. The highest BCUT2D eigenvalue weighted by atomic mass is 32.1. The average molecular weight is 342 g/mol. The van der Waals surface area contributed by atoms with Crippen LogP contribution in [0.3, 0.4) is 0 Å². The predicted molar refractivity (Wildman–Crippen MR) is 93.1 cm³/mol. The number of amides is 1. The van der Waals surface area contributed by atoms with Crippen LogP contribution in [0.5, 0.6) is 5.75 Å². The Morgan fingerprint density at radius 1 is 1.33 bits per heavy atom. The standard InChI is InChI=1S/C18H15FN2O2S/c1-9-2-4-11(22)7-12(9)10-3-5-15-16(6-10)24-18(20-15)21-17(23)13-8-14(13)19/h2-7,13-14,22H,8H2,1H3,(H,20,21,23)/t13-,14?/m1/s1. The number of aromatic nitrogens is 1. The molecule has 2 atom stereocenters. The Morgan fingerprint density at radius 3 is 2.88 bits per heavy atom. The molecule has 1 amide bonds. The van der Waals surface area contributed by atoms with Crippen molar-refractivity contribution in [2.45, 2.75) is 19.5 Å². The maximum Gasteiger partial charge on any atom is 0.232 e. The van der Waals surface area contributed by atoms with Crippen molar-refractivity contribution in [3.05, 3.63) is 42.0 Å². The lowest BCUT2D eigenvalue weighted by Crippen LogP contribution is -2.14. The van der Waals surface area contributed by atoms with Crippen LogP contribution in [-0.2, 0) is 4.79 Å². The van der Waals surface area contributed by atoms with Gasteiger partial charge in [-0.05, 0) is 54.3 Å². The Balaban J connectivity index is 1.66. The maximum absolute atomic E-state index is 12.9. The number of halogens is 1. The van der Waals surface area contributed by atoms with Crippen LogP contribution in [0.2, 0.25) is 0 Å². The Morgan fingerprint density at radius 2 is 2.12 bits per heavy atom. The highest BCUT2D eigenvalue weighted by molar-refractivity contribution is 7.22. The Kier molecular flexibility index (Phi) is 3.49. The first kappa shape index (κ1) is 15.1. The first-order valence-electron chi connectivity index (χ1n) is 7.67. The summed E-state index contributed by atoms with van der Waals surface area (Å²) in [4.78, 5) is 16.2. The van der Waals surface area contributed by atoms with Crippen LogP contribution < -0.4 is 5.32 Å². The molecule has 1 aliphatic rings. The molecule has 1 aromatic heterocycles. The number of phenols is 1. The lowest BCUT2D eigenvalue weighted by molar-refractivity contribution is -0.117. The van der Waals surface area contributed by atoms with Crippen LogP contribution in [-0.4, -0.2) is 22.2 Å². The molecule has 0 aliphatic heterocycles. The number of rotatable bonds is 3. The molecule has 1 saturated carbocycles. The third-order valence-electron chi connectivity index (χ3n) is 4.20. The van der Waals surface area contributed by atoms with Gasteiger partial charge in [0.15, 0.2) is 5.13 Å². The second-order valence-corrected chi connectivity index (χ2v) is 7.08. The Labute approximate surface area is 142 Å². The van der Waals surface area contributed by atoms with Crippen molar-refractivity contribution >= 4 is 32.6 Å². The summed E-state index contributed by atoms with van der Waals surface area (Å²) >= 11 is 1.36. The van der Waals surface area contributed by atoms with E-state index in [1.165, 1.54) is 11.3 Å². The zero-order valence-corrected chi connectivity index (χ0v) is 13.7. The second-order valence-electron chi connectivity index (χ2n) is 6.05. The van der Waals surface area contributed by atoms with Crippen molar-refractivity contribution in [2.75, 3.05) is 5.32 Å². The number of thiazole rings is 1. The highest BCUT2D eigenvalue weighted by Gasteiger charge is 2.43. The van der Waals surface area contributed by atoms with Gasteiger partial charge in [0.05, 0.1) is 16.1 Å². The monoisotopic (exact) mass is 342 g/mol. The van der Waals surface area contributed by atoms with E-state index in [0.717, 1.165) is 26.9 Å². The lowest BCUT2D eigenvalue weighted by atomic mass is 10.0. The number of benzene rings is 2. The van der Waals surface area contributed by atoms with Gasteiger partial charge in [0.25, 0.3) is 0 Å². The molecule has 2 N–H and O–H groups in total. The topological polar surface area (TPSA) is 62.2 Å². The number of hydrogen-bond donors (Lipinski definition) is 2. The SMILES string of the molecule is Cc1ccc(O)cc1-c1ccc2nc(NC(=O)[C@@H]3CC3F)sc2c1. The summed E-state index contributed by atoms with van der Waals surface area (Å²) in [6, 6.07) is 11.1. The predicted octanol–water partition coefficient (Wildman–Crippen LogP) is 4.27. The molecule has 122 valence electrons. The van der Waals surface area contributed by atoms with E-state index in [-0.39, 0.29) is 11.7 Å². The summed E-state index contributed by atoms with van der Waals surface area (Å²) in [5, 5.41) is 12.9. The van der Waals surface area contributed by atoms with Gasteiger partial charge >= 0.3 is 0 Å². The summed E-state index contributed by atoms with van der Waals surface area (Å²) in [5.74, 6) is -0.605. The Bertz CT molecular complexity index is 953. The van der Waals surface area contributed by atoms with Gasteiger partial charge in [-0.1, -0.05) is 23.5 Å².